The van der Waals surface area contributed by atoms with Crippen LogP contribution in [0, 0.1) is 0 Å². The van der Waals surface area contributed by atoms with Gasteiger partial charge in [-0.1, -0.05) is 28.1 Å². The lowest BCUT2D eigenvalue weighted by molar-refractivity contribution is -0.132. The summed E-state index contributed by atoms with van der Waals surface area (Å²) < 4.78 is 15.5. The Kier molecular flexibility index (Phi) is 5.41. The standard InChI is InChI=1S/C20H15BrO6/c1-11(22)25-14-5-3-13(4-6-14)19-17(10-21)16-8-7-15(26-12(2)23)9-18(16)27-20(19)24/h3-9H,10H2,1-2H3. The van der Waals surface area contributed by atoms with Crippen molar-refractivity contribution in [2.45, 2.75) is 19.2 Å². The zero-order valence-corrected chi connectivity index (χ0v) is 16.2. The van der Waals surface area contributed by atoms with Crippen LogP contribution in [0.5, 0.6) is 11.5 Å². The average molecular weight is 431 g/mol. The Morgan fingerprint density at radius 1 is 0.963 bits per heavy atom. The van der Waals surface area contributed by atoms with E-state index in [1.807, 2.05) is 0 Å². The fraction of sp³-hybridized carbons (Fsp3) is 0.150. The summed E-state index contributed by atoms with van der Waals surface area (Å²) in [6, 6.07) is 11.5. The molecule has 1 heterocycles. The molecule has 0 radical (unpaired) electrons. The maximum Gasteiger partial charge on any atom is 0.344 e. The largest absolute Gasteiger partial charge is 0.427 e. The monoisotopic (exact) mass is 430 g/mol. The number of rotatable bonds is 4. The Balaban J connectivity index is 2.12. The van der Waals surface area contributed by atoms with E-state index in [0.717, 1.165) is 10.9 Å². The molecule has 7 heteroatoms. The summed E-state index contributed by atoms with van der Waals surface area (Å²) in [5.41, 5.74) is 1.61. The van der Waals surface area contributed by atoms with E-state index in [2.05, 4.69) is 15.9 Å². The van der Waals surface area contributed by atoms with Crippen molar-refractivity contribution < 1.29 is 23.5 Å². The second-order valence-electron chi connectivity index (χ2n) is 5.75. The van der Waals surface area contributed by atoms with Gasteiger partial charge in [0.05, 0.1) is 5.56 Å². The number of ether oxygens (including phenoxy) is 2. The summed E-state index contributed by atoms with van der Waals surface area (Å²) in [7, 11) is 0. The molecule has 0 saturated heterocycles. The van der Waals surface area contributed by atoms with Crippen LogP contribution in [0.1, 0.15) is 19.4 Å². The van der Waals surface area contributed by atoms with Gasteiger partial charge in [-0.2, -0.15) is 0 Å². The summed E-state index contributed by atoms with van der Waals surface area (Å²) in [4.78, 5) is 34.8. The molecule has 0 aliphatic rings. The van der Waals surface area contributed by atoms with E-state index in [9.17, 15) is 14.4 Å². The molecule has 1 aromatic heterocycles. The van der Waals surface area contributed by atoms with E-state index >= 15 is 0 Å². The van der Waals surface area contributed by atoms with Crippen molar-refractivity contribution in [2.75, 3.05) is 0 Å². The molecule has 0 spiro atoms. The van der Waals surface area contributed by atoms with Crippen LogP contribution in [0.15, 0.2) is 51.7 Å². The highest BCUT2D eigenvalue weighted by molar-refractivity contribution is 9.08. The van der Waals surface area contributed by atoms with Crippen LogP contribution in [-0.4, -0.2) is 11.9 Å². The lowest BCUT2D eigenvalue weighted by Gasteiger charge is -2.11. The van der Waals surface area contributed by atoms with Gasteiger partial charge in [-0.05, 0) is 35.4 Å². The summed E-state index contributed by atoms with van der Waals surface area (Å²) in [5.74, 6) is -0.181. The van der Waals surface area contributed by atoms with Gasteiger partial charge in [0, 0.05) is 30.6 Å². The molecule has 2 aromatic carbocycles. The fourth-order valence-corrected chi connectivity index (χ4v) is 3.34. The third-order valence-corrected chi connectivity index (χ3v) is 4.35. The third-order valence-electron chi connectivity index (χ3n) is 3.79. The predicted octanol–water partition coefficient (Wildman–Crippen LogP) is 4.21. The summed E-state index contributed by atoms with van der Waals surface area (Å²) in [6.45, 7) is 2.62. The van der Waals surface area contributed by atoms with E-state index in [4.69, 9.17) is 13.9 Å². The number of carbonyl (C=O) groups is 2. The van der Waals surface area contributed by atoms with E-state index in [1.54, 1.807) is 36.4 Å². The van der Waals surface area contributed by atoms with Crippen molar-refractivity contribution >= 4 is 38.8 Å². The zero-order chi connectivity index (χ0) is 19.6. The van der Waals surface area contributed by atoms with Crippen LogP contribution < -0.4 is 15.1 Å². The maximum atomic E-state index is 12.6. The second-order valence-corrected chi connectivity index (χ2v) is 6.31. The summed E-state index contributed by atoms with van der Waals surface area (Å²) in [6.07, 6.45) is 0. The smallest absolute Gasteiger partial charge is 0.344 e. The first-order valence-electron chi connectivity index (χ1n) is 8.02. The number of alkyl halides is 1. The highest BCUT2D eigenvalue weighted by Crippen LogP contribution is 2.32. The van der Waals surface area contributed by atoms with Crippen molar-refractivity contribution in [3.05, 3.63) is 58.4 Å². The normalized spacial score (nSPS) is 10.6. The van der Waals surface area contributed by atoms with E-state index in [1.165, 1.54) is 19.9 Å². The van der Waals surface area contributed by atoms with Crippen LogP contribution >= 0.6 is 15.9 Å². The molecule has 0 aliphatic heterocycles. The molecule has 138 valence electrons. The minimum absolute atomic E-state index is 0.303. The average Bonchev–Trinajstić information content (AvgIpc) is 2.60. The molecule has 27 heavy (non-hydrogen) atoms. The Morgan fingerprint density at radius 2 is 1.56 bits per heavy atom. The van der Waals surface area contributed by atoms with Gasteiger partial charge in [-0.25, -0.2) is 4.79 Å². The lowest BCUT2D eigenvalue weighted by Crippen LogP contribution is -2.08. The number of esters is 2. The van der Waals surface area contributed by atoms with Gasteiger partial charge in [0.25, 0.3) is 0 Å². The van der Waals surface area contributed by atoms with Crippen LogP contribution in [0.3, 0.4) is 0 Å². The number of carbonyl (C=O) groups excluding carboxylic acids is 2. The van der Waals surface area contributed by atoms with Crippen molar-refractivity contribution in [1.82, 2.24) is 0 Å². The number of benzene rings is 2. The number of hydrogen-bond donors (Lipinski definition) is 0. The molecule has 0 unspecified atom stereocenters. The minimum atomic E-state index is -0.517. The van der Waals surface area contributed by atoms with Gasteiger partial charge in [-0.15, -0.1) is 0 Å². The molecule has 0 fully saturated rings. The van der Waals surface area contributed by atoms with Crippen LogP contribution in [0.4, 0.5) is 0 Å². The van der Waals surface area contributed by atoms with Crippen LogP contribution in [0.2, 0.25) is 0 Å². The van der Waals surface area contributed by atoms with Crippen LogP contribution in [-0.2, 0) is 14.9 Å². The second kappa shape index (κ2) is 7.75. The molecule has 0 aliphatic carbocycles. The maximum absolute atomic E-state index is 12.6. The number of fused-ring (bicyclic) bond motifs is 1. The predicted molar refractivity (Wildman–Crippen MR) is 103 cm³/mol. The molecule has 3 rings (SSSR count). The fourth-order valence-electron chi connectivity index (χ4n) is 2.76. The Hall–Kier alpha value is -2.93. The van der Waals surface area contributed by atoms with Gasteiger partial charge >= 0.3 is 17.6 Å². The molecular weight excluding hydrogens is 416 g/mol. The van der Waals surface area contributed by atoms with Gasteiger partial charge in [-0.3, -0.25) is 9.59 Å². The highest BCUT2D eigenvalue weighted by Gasteiger charge is 2.17. The van der Waals surface area contributed by atoms with E-state index in [0.29, 0.717) is 33.5 Å². The molecule has 0 saturated carbocycles. The molecule has 6 nitrogen and oxygen atoms in total. The van der Waals surface area contributed by atoms with Gasteiger partial charge in [0.2, 0.25) is 0 Å². The van der Waals surface area contributed by atoms with Gasteiger partial charge in [0.15, 0.2) is 0 Å². The van der Waals surface area contributed by atoms with Crippen molar-refractivity contribution in [3.63, 3.8) is 0 Å². The summed E-state index contributed by atoms with van der Waals surface area (Å²) in [5, 5.41) is 1.14. The van der Waals surface area contributed by atoms with Gasteiger partial charge < -0.3 is 13.9 Å². The van der Waals surface area contributed by atoms with E-state index in [-0.39, 0.29) is 0 Å². The highest BCUT2D eigenvalue weighted by atomic mass is 79.9. The Bertz CT molecular complexity index is 1080. The summed E-state index contributed by atoms with van der Waals surface area (Å²) >= 11 is 3.43. The van der Waals surface area contributed by atoms with Crippen molar-refractivity contribution in [1.29, 1.82) is 0 Å². The molecule has 0 amide bonds. The third kappa shape index (κ3) is 4.09. The quantitative estimate of drug-likeness (QED) is 0.267. The van der Waals surface area contributed by atoms with E-state index < -0.39 is 17.6 Å². The Labute approximate surface area is 162 Å². The SMILES string of the molecule is CC(=O)Oc1ccc(-c2c(CBr)c3ccc(OC(C)=O)cc3oc2=O)cc1. The number of halogens is 1. The van der Waals surface area contributed by atoms with Gasteiger partial charge in [0.1, 0.15) is 17.1 Å². The first-order valence-corrected chi connectivity index (χ1v) is 9.14. The molecular formula is C20H15BrO6. The Morgan fingerprint density at radius 3 is 2.15 bits per heavy atom. The zero-order valence-electron chi connectivity index (χ0n) is 14.6. The topological polar surface area (TPSA) is 82.8 Å². The first-order chi connectivity index (χ1) is 12.9. The molecule has 0 atom stereocenters. The lowest BCUT2D eigenvalue weighted by atomic mass is 9.99. The van der Waals surface area contributed by atoms with Crippen LogP contribution in [0.25, 0.3) is 22.1 Å². The first kappa shape index (κ1) is 18.8. The van der Waals surface area contributed by atoms with Crippen molar-refractivity contribution in [3.8, 4) is 22.6 Å². The number of hydrogen-bond acceptors (Lipinski definition) is 6. The molecule has 0 N–H and O–H groups in total. The van der Waals surface area contributed by atoms with Crippen molar-refractivity contribution in [2.24, 2.45) is 0 Å². The minimum Gasteiger partial charge on any atom is -0.427 e. The molecule has 3 aromatic rings. The molecule has 0 bridgehead atoms.